The average molecular weight is 238 g/mol. The third-order valence-corrected chi connectivity index (χ3v) is 3.61. The maximum atomic E-state index is 9.45. The van der Waals surface area contributed by atoms with Crippen LogP contribution < -0.4 is 0 Å². The van der Waals surface area contributed by atoms with Gasteiger partial charge >= 0.3 is 0 Å². The minimum atomic E-state index is -0.210. The van der Waals surface area contributed by atoms with Crippen LogP contribution in [-0.2, 0) is 5.41 Å². The van der Waals surface area contributed by atoms with Crippen LogP contribution in [0.5, 0.6) is 0 Å². The predicted molar refractivity (Wildman–Crippen MR) is 60.6 cm³/mol. The Kier molecular flexibility index (Phi) is 2.16. The fourth-order valence-corrected chi connectivity index (χ4v) is 2.29. The van der Waals surface area contributed by atoms with Crippen LogP contribution in [0.15, 0.2) is 18.3 Å². The predicted octanol–water partition coefficient (Wildman–Crippen LogP) is 1.80. The fourth-order valence-electron chi connectivity index (χ4n) is 2.14. The quantitative estimate of drug-likeness (QED) is 0.867. The molecule has 3 rings (SSSR count). The number of aliphatic hydroxyl groups excluding tert-OH is 1. The van der Waals surface area contributed by atoms with Crippen LogP contribution >= 0.6 is 11.6 Å². The smallest absolute Gasteiger partial charge is 0.160 e. The molecule has 0 amide bonds. The number of halogens is 1. The second-order valence-corrected chi connectivity index (χ2v) is 4.81. The molecule has 2 heterocycles. The lowest BCUT2D eigenvalue weighted by molar-refractivity contribution is 0.112. The summed E-state index contributed by atoms with van der Waals surface area (Å²) in [4.78, 5) is 4.45. The zero-order valence-corrected chi connectivity index (χ0v) is 9.48. The van der Waals surface area contributed by atoms with E-state index in [9.17, 15) is 5.11 Å². The summed E-state index contributed by atoms with van der Waals surface area (Å²) in [6, 6.07) is 3.63. The van der Waals surface area contributed by atoms with E-state index in [1.807, 2.05) is 6.07 Å². The molecule has 0 spiro atoms. The van der Waals surface area contributed by atoms with Gasteiger partial charge in [-0.2, -0.15) is 5.10 Å². The minimum Gasteiger partial charge on any atom is -0.395 e. The van der Waals surface area contributed by atoms with Gasteiger partial charge in [0.1, 0.15) is 0 Å². The lowest BCUT2D eigenvalue weighted by Gasteiger charge is -2.37. The Morgan fingerprint density at radius 2 is 2.25 bits per heavy atom. The Labute approximate surface area is 97.9 Å². The first-order chi connectivity index (χ1) is 7.73. The SMILES string of the molecule is OCC1(c2nc3ccc(Cl)cn3n2)CCC1. The number of aliphatic hydroxyl groups is 1. The van der Waals surface area contributed by atoms with Gasteiger partial charge in [-0.15, -0.1) is 0 Å². The molecule has 0 aliphatic heterocycles. The highest BCUT2D eigenvalue weighted by Crippen LogP contribution is 2.41. The topological polar surface area (TPSA) is 50.4 Å². The van der Waals surface area contributed by atoms with Crippen molar-refractivity contribution >= 4 is 17.2 Å². The molecule has 16 heavy (non-hydrogen) atoms. The first kappa shape index (κ1) is 10.1. The first-order valence-electron chi connectivity index (χ1n) is 5.37. The Balaban J connectivity index is 2.11. The monoisotopic (exact) mass is 237 g/mol. The van der Waals surface area contributed by atoms with E-state index in [1.165, 1.54) is 0 Å². The van der Waals surface area contributed by atoms with Crippen LogP contribution in [0, 0.1) is 0 Å². The van der Waals surface area contributed by atoms with E-state index in [4.69, 9.17) is 11.6 Å². The number of hydrogen-bond acceptors (Lipinski definition) is 3. The zero-order valence-electron chi connectivity index (χ0n) is 8.73. The summed E-state index contributed by atoms with van der Waals surface area (Å²) >= 11 is 5.89. The number of aromatic nitrogens is 3. The molecule has 0 bridgehead atoms. The van der Waals surface area contributed by atoms with E-state index in [0.717, 1.165) is 30.7 Å². The molecule has 1 N–H and O–H groups in total. The second kappa shape index (κ2) is 3.43. The van der Waals surface area contributed by atoms with Gasteiger partial charge in [0.05, 0.1) is 17.0 Å². The number of fused-ring (bicyclic) bond motifs is 1. The zero-order chi connectivity index (χ0) is 11.2. The highest BCUT2D eigenvalue weighted by molar-refractivity contribution is 6.30. The molecule has 1 saturated carbocycles. The van der Waals surface area contributed by atoms with Crippen LogP contribution in [0.4, 0.5) is 0 Å². The van der Waals surface area contributed by atoms with Crippen LogP contribution in [0.25, 0.3) is 5.65 Å². The number of rotatable bonds is 2. The normalized spacial score (nSPS) is 18.6. The summed E-state index contributed by atoms with van der Waals surface area (Å²) in [5.41, 5.74) is 0.567. The van der Waals surface area contributed by atoms with Crippen molar-refractivity contribution in [3.05, 3.63) is 29.2 Å². The molecule has 1 aliphatic rings. The first-order valence-corrected chi connectivity index (χ1v) is 5.75. The van der Waals surface area contributed by atoms with Crippen molar-refractivity contribution in [1.82, 2.24) is 14.6 Å². The summed E-state index contributed by atoms with van der Waals surface area (Å²) in [7, 11) is 0. The molecule has 1 aliphatic carbocycles. The largest absolute Gasteiger partial charge is 0.395 e. The Bertz CT molecular complexity index is 527. The van der Waals surface area contributed by atoms with Crippen molar-refractivity contribution in [2.45, 2.75) is 24.7 Å². The van der Waals surface area contributed by atoms with Crippen molar-refractivity contribution in [3.8, 4) is 0 Å². The van der Waals surface area contributed by atoms with Crippen molar-refractivity contribution in [2.75, 3.05) is 6.61 Å². The minimum absolute atomic E-state index is 0.123. The second-order valence-electron chi connectivity index (χ2n) is 4.38. The molecule has 2 aromatic rings. The molecule has 0 radical (unpaired) electrons. The molecule has 5 heteroatoms. The number of pyridine rings is 1. The maximum Gasteiger partial charge on any atom is 0.160 e. The summed E-state index contributed by atoms with van der Waals surface area (Å²) in [5, 5.41) is 14.5. The van der Waals surface area contributed by atoms with E-state index in [2.05, 4.69) is 10.1 Å². The molecular formula is C11H12ClN3O. The van der Waals surface area contributed by atoms with Crippen LogP contribution in [0.2, 0.25) is 5.02 Å². The van der Waals surface area contributed by atoms with E-state index in [1.54, 1.807) is 16.8 Å². The van der Waals surface area contributed by atoms with Crippen LogP contribution in [0.1, 0.15) is 25.1 Å². The lowest BCUT2D eigenvalue weighted by atomic mass is 9.69. The van der Waals surface area contributed by atoms with Gasteiger partial charge in [0.2, 0.25) is 0 Å². The summed E-state index contributed by atoms with van der Waals surface area (Å²) in [6.07, 6.45) is 4.80. The molecule has 0 unspecified atom stereocenters. The van der Waals surface area contributed by atoms with Gasteiger partial charge in [-0.25, -0.2) is 9.50 Å². The Morgan fingerprint density at radius 1 is 1.44 bits per heavy atom. The third-order valence-electron chi connectivity index (χ3n) is 3.38. The van der Waals surface area contributed by atoms with Crippen molar-refractivity contribution in [1.29, 1.82) is 0 Å². The molecule has 84 valence electrons. The van der Waals surface area contributed by atoms with Gasteiger partial charge in [0, 0.05) is 6.20 Å². The Hall–Kier alpha value is -1.13. The summed E-state index contributed by atoms with van der Waals surface area (Å²) < 4.78 is 1.67. The lowest BCUT2D eigenvalue weighted by Crippen LogP contribution is -2.39. The number of nitrogens with zero attached hydrogens (tertiary/aromatic N) is 3. The van der Waals surface area contributed by atoms with E-state index in [-0.39, 0.29) is 12.0 Å². The van der Waals surface area contributed by atoms with Crippen molar-refractivity contribution in [3.63, 3.8) is 0 Å². The maximum absolute atomic E-state index is 9.45. The van der Waals surface area contributed by atoms with Crippen LogP contribution in [0.3, 0.4) is 0 Å². The summed E-state index contributed by atoms with van der Waals surface area (Å²) in [6.45, 7) is 0.123. The van der Waals surface area contributed by atoms with E-state index >= 15 is 0 Å². The molecule has 4 nitrogen and oxygen atoms in total. The number of hydrogen-bond donors (Lipinski definition) is 1. The van der Waals surface area contributed by atoms with E-state index in [0.29, 0.717) is 5.02 Å². The van der Waals surface area contributed by atoms with Gasteiger partial charge in [0.25, 0.3) is 0 Å². The standard InChI is InChI=1S/C11H12ClN3O/c12-8-2-3-9-13-10(14-15(9)6-8)11(7-16)4-1-5-11/h2-3,6,16H,1,4-5,7H2. The average Bonchev–Trinajstić information content (AvgIpc) is 2.60. The van der Waals surface area contributed by atoms with Gasteiger partial charge < -0.3 is 5.11 Å². The van der Waals surface area contributed by atoms with Gasteiger partial charge in [-0.1, -0.05) is 18.0 Å². The fraction of sp³-hybridized carbons (Fsp3) is 0.455. The molecule has 0 aromatic carbocycles. The van der Waals surface area contributed by atoms with Crippen LogP contribution in [-0.4, -0.2) is 26.3 Å². The highest BCUT2D eigenvalue weighted by atomic mass is 35.5. The van der Waals surface area contributed by atoms with Gasteiger partial charge in [-0.05, 0) is 25.0 Å². The molecule has 0 saturated heterocycles. The highest BCUT2D eigenvalue weighted by Gasteiger charge is 2.41. The Morgan fingerprint density at radius 3 is 2.88 bits per heavy atom. The molecule has 0 atom stereocenters. The van der Waals surface area contributed by atoms with Crippen molar-refractivity contribution in [2.24, 2.45) is 0 Å². The van der Waals surface area contributed by atoms with Gasteiger partial charge in [0.15, 0.2) is 11.5 Å². The van der Waals surface area contributed by atoms with Crippen molar-refractivity contribution < 1.29 is 5.11 Å². The molecular weight excluding hydrogens is 226 g/mol. The summed E-state index contributed by atoms with van der Waals surface area (Å²) in [5.74, 6) is 0.739. The van der Waals surface area contributed by atoms with Gasteiger partial charge in [-0.3, -0.25) is 0 Å². The van der Waals surface area contributed by atoms with E-state index < -0.39 is 0 Å². The third kappa shape index (κ3) is 1.33. The molecule has 1 fully saturated rings. The molecule has 2 aromatic heterocycles.